The number of piperidine rings is 1. The SMILES string of the molecule is C#CCCC1(O)CCN(C)CC1. The van der Waals surface area contributed by atoms with Crippen molar-refractivity contribution in [2.75, 3.05) is 20.1 Å². The van der Waals surface area contributed by atoms with Gasteiger partial charge in [-0.2, -0.15) is 0 Å². The van der Waals surface area contributed by atoms with Crippen molar-refractivity contribution in [3.8, 4) is 12.3 Å². The van der Waals surface area contributed by atoms with Gasteiger partial charge in [0, 0.05) is 19.5 Å². The molecule has 1 aliphatic heterocycles. The van der Waals surface area contributed by atoms with Gasteiger partial charge < -0.3 is 10.0 Å². The van der Waals surface area contributed by atoms with Gasteiger partial charge in [0.05, 0.1) is 5.60 Å². The zero-order valence-corrected chi connectivity index (χ0v) is 7.71. The molecule has 1 heterocycles. The van der Waals surface area contributed by atoms with Crippen molar-refractivity contribution in [3.63, 3.8) is 0 Å². The molecule has 2 heteroatoms. The lowest BCUT2D eigenvalue weighted by atomic mass is 9.87. The highest BCUT2D eigenvalue weighted by Gasteiger charge is 2.29. The first-order chi connectivity index (χ1) is 5.66. The van der Waals surface area contributed by atoms with E-state index < -0.39 is 5.60 Å². The van der Waals surface area contributed by atoms with Crippen LogP contribution in [-0.2, 0) is 0 Å². The Bertz CT molecular complexity index is 175. The summed E-state index contributed by atoms with van der Waals surface area (Å²) in [5.74, 6) is 2.58. The van der Waals surface area contributed by atoms with Gasteiger partial charge in [0.25, 0.3) is 0 Å². The van der Waals surface area contributed by atoms with Gasteiger partial charge in [-0.05, 0) is 26.3 Å². The van der Waals surface area contributed by atoms with Crippen LogP contribution in [0.1, 0.15) is 25.7 Å². The number of terminal acetylenes is 1. The quantitative estimate of drug-likeness (QED) is 0.616. The number of nitrogens with zero attached hydrogens (tertiary/aromatic N) is 1. The Morgan fingerprint density at radius 2 is 2.08 bits per heavy atom. The topological polar surface area (TPSA) is 23.5 Å². The fourth-order valence-electron chi connectivity index (χ4n) is 1.59. The van der Waals surface area contributed by atoms with Crippen molar-refractivity contribution in [1.29, 1.82) is 0 Å². The van der Waals surface area contributed by atoms with E-state index in [1.807, 2.05) is 0 Å². The maximum atomic E-state index is 10.00. The zero-order chi connectivity index (χ0) is 9.03. The zero-order valence-electron chi connectivity index (χ0n) is 7.71. The lowest BCUT2D eigenvalue weighted by Crippen LogP contribution is -2.42. The fraction of sp³-hybridized carbons (Fsp3) is 0.800. The summed E-state index contributed by atoms with van der Waals surface area (Å²) in [7, 11) is 2.08. The summed E-state index contributed by atoms with van der Waals surface area (Å²) in [5, 5.41) is 10.00. The maximum absolute atomic E-state index is 10.00. The van der Waals surface area contributed by atoms with Gasteiger partial charge in [-0.15, -0.1) is 12.3 Å². The van der Waals surface area contributed by atoms with Crippen LogP contribution in [0.2, 0.25) is 0 Å². The standard InChI is InChI=1S/C10H17NO/c1-3-4-5-10(12)6-8-11(2)9-7-10/h1,12H,4-9H2,2H3. The molecular weight excluding hydrogens is 150 g/mol. The molecule has 0 bridgehead atoms. The Morgan fingerprint density at radius 1 is 1.50 bits per heavy atom. The second kappa shape index (κ2) is 3.93. The van der Waals surface area contributed by atoms with E-state index in [0.29, 0.717) is 6.42 Å². The largest absolute Gasteiger partial charge is 0.390 e. The average molecular weight is 167 g/mol. The third-order valence-corrected chi connectivity index (χ3v) is 2.65. The van der Waals surface area contributed by atoms with Crippen molar-refractivity contribution < 1.29 is 5.11 Å². The lowest BCUT2D eigenvalue weighted by Gasteiger charge is -2.36. The van der Waals surface area contributed by atoms with Crippen LogP contribution in [-0.4, -0.2) is 35.7 Å². The highest BCUT2D eigenvalue weighted by atomic mass is 16.3. The minimum absolute atomic E-state index is 0.473. The Kier molecular flexibility index (Phi) is 3.13. The van der Waals surface area contributed by atoms with Crippen LogP contribution in [0.25, 0.3) is 0 Å². The third-order valence-electron chi connectivity index (χ3n) is 2.65. The predicted molar refractivity (Wildman–Crippen MR) is 49.7 cm³/mol. The van der Waals surface area contributed by atoms with Gasteiger partial charge in [-0.3, -0.25) is 0 Å². The number of likely N-dealkylation sites (tertiary alicyclic amines) is 1. The van der Waals surface area contributed by atoms with Crippen molar-refractivity contribution in [1.82, 2.24) is 4.90 Å². The number of hydrogen-bond acceptors (Lipinski definition) is 2. The first-order valence-electron chi connectivity index (χ1n) is 4.51. The first-order valence-corrected chi connectivity index (χ1v) is 4.51. The fourth-order valence-corrected chi connectivity index (χ4v) is 1.59. The molecule has 68 valence electrons. The van der Waals surface area contributed by atoms with Crippen molar-refractivity contribution in [2.45, 2.75) is 31.3 Å². The molecule has 0 aromatic heterocycles. The third kappa shape index (κ3) is 2.51. The molecule has 0 aromatic rings. The number of aliphatic hydroxyl groups is 1. The van der Waals surface area contributed by atoms with E-state index in [9.17, 15) is 5.11 Å². The highest BCUT2D eigenvalue weighted by Crippen LogP contribution is 2.25. The molecule has 0 aliphatic carbocycles. The molecule has 1 fully saturated rings. The highest BCUT2D eigenvalue weighted by molar-refractivity contribution is 4.91. The lowest BCUT2D eigenvalue weighted by molar-refractivity contribution is -0.0210. The molecule has 0 radical (unpaired) electrons. The molecule has 1 rings (SSSR count). The average Bonchev–Trinajstić information content (AvgIpc) is 2.08. The Morgan fingerprint density at radius 3 is 2.58 bits per heavy atom. The summed E-state index contributed by atoms with van der Waals surface area (Å²) in [4.78, 5) is 2.24. The Balaban J connectivity index is 2.35. The summed E-state index contributed by atoms with van der Waals surface area (Å²) < 4.78 is 0. The van der Waals surface area contributed by atoms with Crippen LogP contribution in [0, 0.1) is 12.3 Å². The molecule has 1 aliphatic rings. The maximum Gasteiger partial charge on any atom is 0.0681 e. The van der Waals surface area contributed by atoms with Crippen LogP contribution < -0.4 is 0 Å². The molecule has 0 amide bonds. The van der Waals surface area contributed by atoms with Crippen molar-refractivity contribution >= 4 is 0 Å². The van der Waals surface area contributed by atoms with E-state index in [0.717, 1.165) is 32.4 Å². The molecular formula is C10H17NO. The first kappa shape index (κ1) is 9.57. The minimum Gasteiger partial charge on any atom is -0.390 e. The van der Waals surface area contributed by atoms with Gasteiger partial charge in [-0.25, -0.2) is 0 Å². The summed E-state index contributed by atoms with van der Waals surface area (Å²) in [5.41, 5.74) is -0.473. The molecule has 12 heavy (non-hydrogen) atoms. The smallest absolute Gasteiger partial charge is 0.0681 e. The van der Waals surface area contributed by atoms with Gasteiger partial charge in [-0.1, -0.05) is 0 Å². The molecule has 0 unspecified atom stereocenters. The second-order valence-corrected chi connectivity index (χ2v) is 3.73. The van der Waals surface area contributed by atoms with Crippen LogP contribution in [0.15, 0.2) is 0 Å². The summed E-state index contributed by atoms with van der Waals surface area (Å²) in [6, 6.07) is 0. The van der Waals surface area contributed by atoms with Crippen LogP contribution in [0.4, 0.5) is 0 Å². The van der Waals surface area contributed by atoms with E-state index in [2.05, 4.69) is 17.9 Å². The van der Waals surface area contributed by atoms with E-state index in [1.165, 1.54) is 0 Å². The van der Waals surface area contributed by atoms with Crippen molar-refractivity contribution in [2.24, 2.45) is 0 Å². The van der Waals surface area contributed by atoms with E-state index in [-0.39, 0.29) is 0 Å². The molecule has 0 aromatic carbocycles. The van der Waals surface area contributed by atoms with Crippen LogP contribution in [0.3, 0.4) is 0 Å². The van der Waals surface area contributed by atoms with Gasteiger partial charge in [0.15, 0.2) is 0 Å². The molecule has 1 saturated heterocycles. The van der Waals surface area contributed by atoms with Gasteiger partial charge in [0.2, 0.25) is 0 Å². The van der Waals surface area contributed by atoms with E-state index in [1.54, 1.807) is 0 Å². The predicted octanol–water partition coefficient (Wildman–Crippen LogP) is 0.857. The summed E-state index contributed by atoms with van der Waals surface area (Å²) >= 11 is 0. The molecule has 1 N–H and O–H groups in total. The van der Waals surface area contributed by atoms with Gasteiger partial charge in [0.1, 0.15) is 0 Å². The molecule has 0 spiro atoms. The minimum atomic E-state index is -0.473. The monoisotopic (exact) mass is 167 g/mol. The van der Waals surface area contributed by atoms with E-state index in [4.69, 9.17) is 6.42 Å². The van der Waals surface area contributed by atoms with Crippen LogP contribution in [0.5, 0.6) is 0 Å². The molecule has 0 atom stereocenters. The molecule has 0 saturated carbocycles. The molecule has 2 nitrogen and oxygen atoms in total. The van der Waals surface area contributed by atoms with Crippen molar-refractivity contribution in [3.05, 3.63) is 0 Å². The van der Waals surface area contributed by atoms with Crippen LogP contribution >= 0.6 is 0 Å². The Labute approximate surface area is 74.6 Å². The van der Waals surface area contributed by atoms with Gasteiger partial charge >= 0.3 is 0 Å². The summed E-state index contributed by atoms with van der Waals surface area (Å²) in [6.07, 6.45) is 8.35. The summed E-state index contributed by atoms with van der Waals surface area (Å²) in [6.45, 7) is 1.97. The number of hydrogen-bond donors (Lipinski definition) is 1. The normalized spacial score (nSPS) is 23.4. The van der Waals surface area contributed by atoms with E-state index >= 15 is 0 Å². The Hall–Kier alpha value is -0.520. The number of rotatable bonds is 2. The second-order valence-electron chi connectivity index (χ2n) is 3.73.